The fourth-order valence-electron chi connectivity index (χ4n) is 2.50. The maximum absolute atomic E-state index is 9.81. The predicted molar refractivity (Wildman–Crippen MR) is 85.1 cm³/mol. The van der Waals surface area contributed by atoms with Crippen molar-refractivity contribution in [2.24, 2.45) is 0 Å². The van der Waals surface area contributed by atoms with Crippen LogP contribution in [0.4, 0.5) is 0 Å². The van der Waals surface area contributed by atoms with Gasteiger partial charge in [0.2, 0.25) is 0 Å². The van der Waals surface area contributed by atoms with E-state index in [2.05, 4.69) is 27.7 Å². The third-order valence-corrected chi connectivity index (χ3v) is 4.65. The first-order valence-electron chi connectivity index (χ1n) is 7.00. The number of hydrogen-bond acceptors (Lipinski definition) is 5. The average molecular weight is 315 g/mol. The summed E-state index contributed by atoms with van der Waals surface area (Å²) in [6.45, 7) is 1.60. The zero-order chi connectivity index (χ0) is 15.5. The van der Waals surface area contributed by atoms with Crippen molar-refractivity contribution in [2.45, 2.75) is 26.6 Å². The molecule has 2 aromatic heterocycles. The topological polar surface area (TPSA) is 71.2 Å². The van der Waals surface area contributed by atoms with Crippen LogP contribution in [0.15, 0.2) is 35.7 Å². The van der Waals surface area contributed by atoms with E-state index in [1.165, 1.54) is 16.9 Å². The molecule has 22 heavy (non-hydrogen) atoms. The molecule has 1 aromatic carbocycles. The van der Waals surface area contributed by atoms with E-state index >= 15 is 0 Å². The smallest absolute Gasteiger partial charge is 0.164 e. The summed E-state index contributed by atoms with van der Waals surface area (Å²) in [6.07, 6.45) is 0.767. The van der Waals surface area contributed by atoms with Gasteiger partial charge in [-0.2, -0.15) is 0 Å². The number of hydrogen-bond donors (Lipinski definition) is 2. The molecule has 0 aliphatic rings. The Bertz CT molecular complexity index is 765. The molecule has 0 radical (unpaired) electrons. The summed E-state index contributed by atoms with van der Waals surface area (Å²) >= 11 is 1.53. The normalized spacial score (nSPS) is 11.0. The molecule has 3 aromatic rings. The van der Waals surface area contributed by atoms with Crippen LogP contribution in [0.1, 0.15) is 28.3 Å². The van der Waals surface area contributed by atoms with Crippen molar-refractivity contribution in [3.63, 3.8) is 0 Å². The molecule has 5 nitrogen and oxygen atoms in total. The lowest BCUT2D eigenvalue weighted by atomic mass is 10.0. The average Bonchev–Trinajstić information content (AvgIpc) is 3.10. The van der Waals surface area contributed by atoms with Crippen LogP contribution < -0.4 is 0 Å². The molecular weight excluding hydrogens is 298 g/mol. The van der Waals surface area contributed by atoms with E-state index < -0.39 is 0 Å². The summed E-state index contributed by atoms with van der Waals surface area (Å²) in [5.74, 6) is 1.19. The fraction of sp³-hybridized carbons (Fsp3) is 0.250. The summed E-state index contributed by atoms with van der Waals surface area (Å²) in [6, 6.07) is 10.1. The largest absolute Gasteiger partial charge is 0.392 e. The van der Waals surface area contributed by atoms with Gasteiger partial charge in [-0.3, -0.25) is 4.57 Å². The van der Waals surface area contributed by atoms with Gasteiger partial charge in [-0.05, 0) is 29.9 Å². The maximum atomic E-state index is 9.81. The SMILES string of the molecule is Cc1nnc(CO)n1-c1scc(Cc2ccccc2)c1CO. The van der Waals surface area contributed by atoms with Crippen LogP contribution in [-0.2, 0) is 19.6 Å². The van der Waals surface area contributed by atoms with Crippen LogP contribution in [0.3, 0.4) is 0 Å². The van der Waals surface area contributed by atoms with E-state index in [1.807, 2.05) is 29.7 Å². The minimum atomic E-state index is -0.183. The zero-order valence-electron chi connectivity index (χ0n) is 12.2. The van der Waals surface area contributed by atoms with Gasteiger partial charge in [0, 0.05) is 5.56 Å². The molecule has 0 atom stereocenters. The van der Waals surface area contributed by atoms with Gasteiger partial charge in [0.1, 0.15) is 17.4 Å². The number of benzene rings is 1. The Labute approximate surface area is 132 Å². The molecule has 0 saturated heterocycles. The first-order valence-corrected chi connectivity index (χ1v) is 7.88. The van der Waals surface area contributed by atoms with Crippen LogP contribution in [0.5, 0.6) is 0 Å². The number of nitrogens with zero attached hydrogens (tertiary/aromatic N) is 3. The minimum Gasteiger partial charge on any atom is -0.392 e. The second kappa shape index (κ2) is 6.39. The van der Waals surface area contributed by atoms with Gasteiger partial charge >= 0.3 is 0 Å². The summed E-state index contributed by atoms with van der Waals surface area (Å²) < 4.78 is 1.81. The molecule has 3 rings (SSSR count). The second-order valence-electron chi connectivity index (χ2n) is 5.02. The van der Waals surface area contributed by atoms with Crippen molar-refractivity contribution < 1.29 is 10.2 Å². The van der Waals surface area contributed by atoms with Crippen molar-refractivity contribution in [3.8, 4) is 5.00 Å². The molecular formula is C16H17N3O2S. The Morgan fingerprint density at radius 3 is 2.55 bits per heavy atom. The van der Waals surface area contributed by atoms with Gasteiger partial charge in [-0.25, -0.2) is 0 Å². The Balaban J connectivity index is 2.02. The predicted octanol–water partition coefficient (Wildman–Crippen LogP) is 2.21. The third kappa shape index (κ3) is 2.68. The van der Waals surface area contributed by atoms with Crippen molar-refractivity contribution in [1.82, 2.24) is 14.8 Å². The van der Waals surface area contributed by atoms with Crippen molar-refractivity contribution in [2.75, 3.05) is 0 Å². The molecule has 0 amide bonds. The highest BCUT2D eigenvalue weighted by molar-refractivity contribution is 7.12. The molecule has 0 saturated carbocycles. The third-order valence-electron chi connectivity index (χ3n) is 3.59. The van der Waals surface area contributed by atoms with Gasteiger partial charge in [-0.15, -0.1) is 21.5 Å². The lowest BCUT2D eigenvalue weighted by Gasteiger charge is -2.09. The first kappa shape index (κ1) is 14.9. The van der Waals surface area contributed by atoms with Gasteiger partial charge < -0.3 is 10.2 Å². The van der Waals surface area contributed by atoms with E-state index in [1.54, 1.807) is 0 Å². The van der Waals surface area contributed by atoms with Gasteiger partial charge in [-0.1, -0.05) is 30.3 Å². The van der Waals surface area contributed by atoms with Gasteiger partial charge in [0.05, 0.1) is 6.61 Å². The molecule has 0 spiro atoms. The number of rotatable bonds is 5. The van der Waals surface area contributed by atoms with Crippen molar-refractivity contribution >= 4 is 11.3 Å². The summed E-state index contributed by atoms with van der Waals surface area (Å²) in [5.41, 5.74) is 3.15. The number of aliphatic hydroxyl groups is 2. The monoisotopic (exact) mass is 315 g/mol. The number of aliphatic hydroxyl groups excluding tert-OH is 2. The number of aromatic nitrogens is 3. The van der Waals surface area contributed by atoms with Crippen LogP contribution in [-0.4, -0.2) is 25.0 Å². The minimum absolute atomic E-state index is 0.0521. The van der Waals surface area contributed by atoms with E-state index in [0.717, 1.165) is 22.5 Å². The lowest BCUT2D eigenvalue weighted by molar-refractivity contribution is 0.267. The second-order valence-corrected chi connectivity index (χ2v) is 5.88. The molecule has 0 fully saturated rings. The highest BCUT2D eigenvalue weighted by atomic mass is 32.1. The Hall–Kier alpha value is -2.02. The van der Waals surface area contributed by atoms with E-state index in [0.29, 0.717) is 11.6 Å². The fourth-order valence-corrected chi connectivity index (χ4v) is 3.66. The summed E-state index contributed by atoms with van der Waals surface area (Å²) in [4.78, 5) is 0. The molecule has 2 N–H and O–H groups in total. The van der Waals surface area contributed by atoms with Crippen LogP contribution in [0.2, 0.25) is 0 Å². The van der Waals surface area contributed by atoms with Crippen molar-refractivity contribution in [3.05, 3.63) is 64.1 Å². The van der Waals surface area contributed by atoms with Gasteiger partial charge in [0.15, 0.2) is 5.82 Å². The molecule has 2 heterocycles. The molecule has 0 aliphatic heterocycles. The standard InChI is InChI=1S/C16H17N3O2S/c1-11-17-18-15(9-21)19(11)16-14(8-20)13(10-22-16)7-12-5-3-2-4-6-12/h2-6,10,20-21H,7-9H2,1H3. The molecule has 0 bridgehead atoms. The number of thiophene rings is 1. The molecule has 6 heteroatoms. The first-order chi connectivity index (χ1) is 10.7. The summed E-state index contributed by atoms with van der Waals surface area (Å²) in [7, 11) is 0. The molecule has 114 valence electrons. The maximum Gasteiger partial charge on any atom is 0.164 e. The Morgan fingerprint density at radius 2 is 1.86 bits per heavy atom. The zero-order valence-corrected chi connectivity index (χ0v) is 13.0. The summed E-state index contributed by atoms with van der Waals surface area (Å²) in [5, 5.41) is 30.1. The van der Waals surface area contributed by atoms with Crippen LogP contribution in [0, 0.1) is 6.92 Å². The van der Waals surface area contributed by atoms with Crippen LogP contribution in [0.25, 0.3) is 5.00 Å². The van der Waals surface area contributed by atoms with Crippen LogP contribution >= 0.6 is 11.3 Å². The van der Waals surface area contributed by atoms with E-state index in [-0.39, 0.29) is 13.2 Å². The van der Waals surface area contributed by atoms with E-state index in [9.17, 15) is 10.2 Å². The Morgan fingerprint density at radius 1 is 1.09 bits per heavy atom. The molecule has 0 aliphatic carbocycles. The highest BCUT2D eigenvalue weighted by Gasteiger charge is 2.18. The lowest BCUT2D eigenvalue weighted by Crippen LogP contribution is -2.05. The van der Waals surface area contributed by atoms with Gasteiger partial charge in [0.25, 0.3) is 0 Å². The van der Waals surface area contributed by atoms with E-state index in [4.69, 9.17) is 0 Å². The van der Waals surface area contributed by atoms with Crippen molar-refractivity contribution in [1.29, 1.82) is 0 Å². The molecule has 0 unspecified atom stereocenters. The Kier molecular flexibility index (Phi) is 4.33. The number of aryl methyl sites for hydroxylation is 1. The quantitative estimate of drug-likeness (QED) is 0.757. The highest BCUT2D eigenvalue weighted by Crippen LogP contribution is 2.30.